The van der Waals surface area contributed by atoms with Crippen LogP contribution in [0.1, 0.15) is 19.8 Å². The maximum atomic E-state index is 11.7. The number of amides is 2. The number of aliphatic hydroxyl groups is 1. The molecule has 96 valence electrons. The van der Waals surface area contributed by atoms with Gasteiger partial charge in [0.05, 0.1) is 12.1 Å². The summed E-state index contributed by atoms with van der Waals surface area (Å²) < 4.78 is 0. The van der Waals surface area contributed by atoms with Crippen LogP contribution in [0.2, 0.25) is 0 Å². The molecule has 1 aliphatic heterocycles. The van der Waals surface area contributed by atoms with Crippen LogP contribution in [0.4, 0.5) is 4.79 Å². The van der Waals surface area contributed by atoms with Gasteiger partial charge in [-0.3, -0.25) is 0 Å². The van der Waals surface area contributed by atoms with Gasteiger partial charge in [0, 0.05) is 6.54 Å². The highest BCUT2D eigenvalue weighted by Gasteiger charge is 2.35. The summed E-state index contributed by atoms with van der Waals surface area (Å²) in [6, 6.07) is -1.43. The molecule has 17 heavy (non-hydrogen) atoms. The third-order valence-corrected chi connectivity index (χ3v) is 2.74. The summed E-state index contributed by atoms with van der Waals surface area (Å²) in [7, 11) is 0. The van der Waals surface area contributed by atoms with Crippen molar-refractivity contribution in [1.29, 1.82) is 0 Å². The van der Waals surface area contributed by atoms with Gasteiger partial charge >= 0.3 is 12.0 Å². The van der Waals surface area contributed by atoms with Crippen LogP contribution in [-0.2, 0) is 4.79 Å². The summed E-state index contributed by atoms with van der Waals surface area (Å²) >= 11 is 0. The lowest BCUT2D eigenvalue weighted by Gasteiger charge is -2.21. The molecule has 2 amide bonds. The Labute approximate surface area is 99.9 Å². The molecule has 3 N–H and O–H groups in total. The van der Waals surface area contributed by atoms with Crippen LogP contribution in [-0.4, -0.2) is 51.8 Å². The lowest BCUT2D eigenvalue weighted by molar-refractivity contribution is -0.139. The summed E-state index contributed by atoms with van der Waals surface area (Å²) in [5.41, 5.74) is -0.880. The normalized spacial score (nSPS) is 25.4. The number of hydrogen-bond donors (Lipinski definition) is 3. The standard InChI is InChI=1S/C11H18N2O4/c1-3-4-8(9(14)15)12-10(16)13-6-5-11(2,17)7-13/h3,8,17H,1,4-7H2,2H3,(H,12,16)(H,14,15). The Bertz CT molecular complexity index is 327. The number of hydrogen-bond acceptors (Lipinski definition) is 3. The quantitative estimate of drug-likeness (QED) is 0.613. The summed E-state index contributed by atoms with van der Waals surface area (Å²) in [6.45, 7) is 5.75. The van der Waals surface area contributed by atoms with E-state index >= 15 is 0 Å². The van der Waals surface area contributed by atoms with Gasteiger partial charge in [-0.1, -0.05) is 6.08 Å². The smallest absolute Gasteiger partial charge is 0.326 e. The number of rotatable bonds is 4. The van der Waals surface area contributed by atoms with Crippen molar-refractivity contribution in [1.82, 2.24) is 10.2 Å². The molecule has 0 aromatic heterocycles. The highest BCUT2D eigenvalue weighted by molar-refractivity contribution is 5.82. The van der Waals surface area contributed by atoms with Crippen molar-refractivity contribution < 1.29 is 19.8 Å². The van der Waals surface area contributed by atoms with Crippen LogP contribution in [0.15, 0.2) is 12.7 Å². The summed E-state index contributed by atoms with van der Waals surface area (Å²) in [4.78, 5) is 24.0. The monoisotopic (exact) mass is 242 g/mol. The molecule has 0 bridgehead atoms. The molecule has 0 aliphatic carbocycles. The molecule has 1 heterocycles. The van der Waals surface area contributed by atoms with Crippen LogP contribution in [0, 0.1) is 0 Å². The molecule has 0 spiro atoms. The Morgan fingerprint density at radius 1 is 1.65 bits per heavy atom. The highest BCUT2D eigenvalue weighted by Crippen LogP contribution is 2.20. The number of carboxylic acids is 1. The van der Waals surface area contributed by atoms with E-state index in [1.54, 1.807) is 6.92 Å². The molecular weight excluding hydrogens is 224 g/mol. The van der Waals surface area contributed by atoms with Crippen LogP contribution in [0.5, 0.6) is 0 Å². The fraction of sp³-hybridized carbons (Fsp3) is 0.636. The van der Waals surface area contributed by atoms with Crippen molar-refractivity contribution in [2.24, 2.45) is 0 Å². The fourth-order valence-corrected chi connectivity index (χ4v) is 1.75. The second-order valence-electron chi connectivity index (χ2n) is 4.53. The maximum absolute atomic E-state index is 11.7. The lowest BCUT2D eigenvalue weighted by atomic mass is 10.1. The Morgan fingerprint density at radius 3 is 2.71 bits per heavy atom. The molecule has 0 radical (unpaired) electrons. The second-order valence-corrected chi connectivity index (χ2v) is 4.53. The number of carboxylic acid groups (broad SMARTS) is 1. The van der Waals surface area contributed by atoms with E-state index in [2.05, 4.69) is 11.9 Å². The minimum Gasteiger partial charge on any atom is -0.480 e. The number of urea groups is 1. The SMILES string of the molecule is C=CCC(NC(=O)N1CCC(C)(O)C1)C(=O)O. The van der Waals surface area contributed by atoms with Crippen molar-refractivity contribution in [3.05, 3.63) is 12.7 Å². The molecule has 1 aliphatic rings. The number of carbonyl (C=O) groups is 2. The fourth-order valence-electron chi connectivity index (χ4n) is 1.75. The highest BCUT2D eigenvalue weighted by atomic mass is 16.4. The molecule has 0 aromatic carbocycles. The van der Waals surface area contributed by atoms with E-state index in [0.29, 0.717) is 13.0 Å². The van der Waals surface area contributed by atoms with Crippen molar-refractivity contribution in [2.75, 3.05) is 13.1 Å². The van der Waals surface area contributed by atoms with Gasteiger partial charge in [0.1, 0.15) is 6.04 Å². The first-order valence-corrected chi connectivity index (χ1v) is 5.47. The molecule has 2 atom stereocenters. The third-order valence-electron chi connectivity index (χ3n) is 2.74. The Balaban J connectivity index is 2.53. The van der Waals surface area contributed by atoms with Gasteiger partial charge < -0.3 is 20.4 Å². The molecule has 6 nitrogen and oxygen atoms in total. The van der Waals surface area contributed by atoms with Crippen molar-refractivity contribution in [3.8, 4) is 0 Å². The number of carbonyl (C=O) groups excluding carboxylic acids is 1. The van der Waals surface area contributed by atoms with E-state index in [0.717, 1.165) is 0 Å². The molecule has 1 fully saturated rings. The predicted octanol–water partition coefficient (Wildman–Crippen LogP) is 0.182. The van der Waals surface area contributed by atoms with Gasteiger partial charge in [0.2, 0.25) is 0 Å². The zero-order valence-corrected chi connectivity index (χ0v) is 9.85. The average molecular weight is 242 g/mol. The van der Waals surface area contributed by atoms with Crippen LogP contribution in [0.3, 0.4) is 0 Å². The Morgan fingerprint density at radius 2 is 2.29 bits per heavy atom. The molecule has 0 aromatic rings. The first-order valence-electron chi connectivity index (χ1n) is 5.47. The topological polar surface area (TPSA) is 89.9 Å². The summed E-state index contributed by atoms with van der Waals surface area (Å²) in [6.07, 6.45) is 2.12. The lowest BCUT2D eigenvalue weighted by Crippen LogP contribution is -2.47. The van der Waals surface area contributed by atoms with Gasteiger partial charge in [0.15, 0.2) is 0 Å². The van der Waals surface area contributed by atoms with E-state index < -0.39 is 23.6 Å². The van der Waals surface area contributed by atoms with Crippen molar-refractivity contribution in [3.63, 3.8) is 0 Å². The summed E-state index contributed by atoms with van der Waals surface area (Å²) in [5.74, 6) is -1.09. The molecule has 2 unspecified atom stereocenters. The van der Waals surface area contributed by atoms with E-state index in [9.17, 15) is 14.7 Å². The Hall–Kier alpha value is -1.56. The van der Waals surface area contributed by atoms with Crippen LogP contribution >= 0.6 is 0 Å². The van der Waals surface area contributed by atoms with Gasteiger partial charge in [-0.15, -0.1) is 6.58 Å². The van der Waals surface area contributed by atoms with E-state index in [-0.39, 0.29) is 13.0 Å². The summed E-state index contributed by atoms with van der Waals surface area (Å²) in [5, 5.41) is 21.0. The first kappa shape index (κ1) is 13.5. The van der Waals surface area contributed by atoms with Gasteiger partial charge in [-0.05, 0) is 19.8 Å². The minimum atomic E-state index is -1.09. The first-order chi connectivity index (χ1) is 7.85. The molecule has 0 saturated carbocycles. The van der Waals surface area contributed by atoms with Crippen molar-refractivity contribution in [2.45, 2.75) is 31.4 Å². The Kier molecular flexibility index (Phi) is 4.11. The van der Waals surface area contributed by atoms with Gasteiger partial charge in [0.25, 0.3) is 0 Å². The van der Waals surface area contributed by atoms with E-state index in [1.807, 2.05) is 0 Å². The molecule has 6 heteroatoms. The zero-order chi connectivity index (χ0) is 13.1. The second kappa shape index (κ2) is 5.18. The average Bonchev–Trinajstić information content (AvgIpc) is 2.58. The molecule has 1 rings (SSSR count). The zero-order valence-electron chi connectivity index (χ0n) is 9.85. The van der Waals surface area contributed by atoms with E-state index in [1.165, 1.54) is 11.0 Å². The number of β-amino-alcohol motifs (C(OH)–C–C–N with tert-alkyl or cyclic N) is 1. The largest absolute Gasteiger partial charge is 0.480 e. The minimum absolute atomic E-state index is 0.172. The van der Waals surface area contributed by atoms with Gasteiger partial charge in [-0.2, -0.15) is 0 Å². The number of nitrogens with one attached hydrogen (secondary N) is 1. The van der Waals surface area contributed by atoms with Crippen LogP contribution in [0.25, 0.3) is 0 Å². The number of likely N-dealkylation sites (tertiary alicyclic amines) is 1. The number of nitrogens with zero attached hydrogens (tertiary/aromatic N) is 1. The third kappa shape index (κ3) is 3.74. The van der Waals surface area contributed by atoms with Gasteiger partial charge in [-0.25, -0.2) is 9.59 Å². The van der Waals surface area contributed by atoms with Crippen molar-refractivity contribution >= 4 is 12.0 Å². The predicted molar refractivity (Wildman–Crippen MR) is 61.6 cm³/mol. The van der Waals surface area contributed by atoms with E-state index in [4.69, 9.17) is 5.11 Å². The molecular formula is C11H18N2O4. The molecule has 1 saturated heterocycles. The maximum Gasteiger partial charge on any atom is 0.326 e. The number of aliphatic carboxylic acids is 1. The van der Waals surface area contributed by atoms with Crippen LogP contribution < -0.4 is 5.32 Å².